The summed E-state index contributed by atoms with van der Waals surface area (Å²) < 4.78 is 41.6. The molecule has 5 nitrogen and oxygen atoms in total. The molecule has 0 saturated carbocycles. The standard InChI is InChI=1S/C17H16F3N5S/c1-26-16(22-10-21)23-12-7-3-5-9-14(12)25-13-8-4-2-6-11(13)15(24-25)17(18,19)20/h3,5,7,9H,2,4,6,8H2,1H3,(H,22,23). The number of aromatic nitrogens is 2. The van der Waals surface area contributed by atoms with Gasteiger partial charge in [-0.15, -0.1) is 0 Å². The number of fused-ring (bicyclic) bond motifs is 1. The van der Waals surface area contributed by atoms with Crippen molar-refractivity contribution in [3.63, 3.8) is 0 Å². The number of nitrogens with one attached hydrogen (secondary N) is 1. The van der Waals surface area contributed by atoms with Crippen LogP contribution >= 0.6 is 11.8 Å². The van der Waals surface area contributed by atoms with Gasteiger partial charge in [-0.2, -0.15) is 23.5 Å². The largest absolute Gasteiger partial charge is 0.435 e. The number of nitriles is 1. The zero-order valence-electron chi connectivity index (χ0n) is 14.0. The number of amidine groups is 1. The summed E-state index contributed by atoms with van der Waals surface area (Å²) >= 11 is 1.24. The minimum absolute atomic E-state index is 0.280. The van der Waals surface area contributed by atoms with Crippen LogP contribution in [0.4, 0.5) is 18.9 Å². The quantitative estimate of drug-likeness (QED) is 0.368. The Balaban J connectivity index is 2.17. The lowest BCUT2D eigenvalue weighted by atomic mass is 9.95. The molecule has 1 aliphatic carbocycles. The minimum Gasteiger partial charge on any atom is -0.271 e. The Labute approximate surface area is 152 Å². The number of nitrogens with zero attached hydrogens (tertiary/aromatic N) is 4. The lowest BCUT2D eigenvalue weighted by Crippen LogP contribution is -2.13. The maximum atomic E-state index is 13.4. The number of alkyl halides is 3. The van der Waals surface area contributed by atoms with Crippen molar-refractivity contribution in [3.8, 4) is 11.9 Å². The third-order valence-electron chi connectivity index (χ3n) is 4.14. The third-order valence-corrected chi connectivity index (χ3v) is 4.72. The topological polar surface area (TPSA) is 66.0 Å². The SMILES string of the molecule is CSC(=Nc1ccccc1-n1nc(C(F)(F)F)c2c1CCCC2)NC#N. The number of benzene rings is 1. The van der Waals surface area contributed by atoms with E-state index in [0.29, 0.717) is 35.1 Å². The molecule has 9 heteroatoms. The first kappa shape index (κ1) is 18.3. The molecule has 0 amide bonds. The van der Waals surface area contributed by atoms with Gasteiger partial charge in [0.05, 0.1) is 11.4 Å². The van der Waals surface area contributed by atoms with E-state index < -0.39 is 11.9 Å². The number of hydrogen-bond donors (Lipinski definition) is 1. The number of rotatable bonds is 2. The lowest BCUT2D eigenvalue weighted by molar-refractivity contribution is -0.142. The molecule has 0 aliphatic heterocycles. The van der Waals surface area contributed by atoms with Gasteiger partial charge in [-0.05, 0) is 44.1 Å². The van der Waals surface area contributed by atoms with Crippen molar-refractivity contribution in [1.29, 1.82) is 5.26 Å². The van der Waals surface area contributed by atoms with Gasteiger partial charge in [0.25, 0.3) is 0 Å². The highest BCUT2D eigenvalue weighted by molar-refractivity contribution is 8.13. The van der Waals surface area contributed by atoms with Gasteiger partial charge in [0.15, 0.2) is 17.1 Å². The molecule has 0 bridgehead atoms. The fourth-order valence-corrected chi connectivity index (χ4v) is 3.38. The average Bonchev–Trinajstić information content (AvgIpc) is 3.01. The second-order valence-corrected chi connectivity index (χ2v) is 6.53. The van der Waals surface area contributed by atoms with Crippen LogP contribution in [0.25, 0.3) is 5.69 Å². The summed E-state index contributed by atoms with van der Waals surface area (Å²) in [5.41, 5.74) is 0.968. The first-order valence-electron chi connectivity index (χ1n) is 8.01. The van der Waals surface area contributed by atoms with E-state index in [1.807, 2.05) is 0 Å². The molecule has 0 atom stereocenters. The number of hydrogen-bond acceptors (Lipinski definition) is 4. The molecule has 0 unspecified atom stereocenters. The van der Waals surface area contributed by atoms with Crippen molar-refractivity contribution < 1.29 is 13.2 Å². The Bertz CT molecular complexity index is 879. The minimum atomic E-state index is -4.49. The summed E-state index contributed by atoms with van der Waals surface area (Å²) in [7, 11) is 0. The van der Waals surface area contributed by atoms with Crippen molar-refractivity contribution in [2.24, 2.45) is 4.99 Å². The Morgan fingerprint density at radius 3 is 2.73 bits per heavy atom. The highest BCUT2D eigenvalue weighted by Gasteiger charge is 2.39. The first-order valence-corrected chi connectivity index (χ1v) is 9.23. The van der Waals surface area contributed by atoms with E-state index in [1.54, 1.807) is 36.7 Å². The lowest BCUT2D eigenvalue weighted by Gasteiger charge is -2.15. The van der Waals surface area contributed by atoms with Gasteiger partial charge < -0.3 is 0 Å². The van der Waals surface area contributed by atoms with E-state index in [1.165, 1.54) is 16.4 Å². The molecule has 0 spiro atoms. The second-order valence-electron chi connectivity index (χ2n) is 5.74. The van der Waals surface area contributed by atoms with Gasteiger partial charge in [-0.25, -0.2) is 9.67 Å². The molecule has 136 valence electrons. The van der Waals surface area contributed by atoms with Crippen molar-refractivity contribution in [1.82, 2.24) is 15.1 Å². The zero-order valence-corrected chi connectivity index (χ0v) is 14.8. The predicted molar refractivity (Wildman–Crippen MR) is 94.6 cm³/mol. The van der Waals surface area contributed by atoms with E-state index in [-0.39, 0.29) is 5.56 Å². The Morgan fingerprint density at radius 2 is 2.04 bits per heavy atom. The van der Waals surface area contributed by atoms with Gasteiger partial charge in [0, 0.05) is 11.3 Å². The normalized spacial score (nSPS) is 14.7. The molecule has 0 saturated heterocycles. The average molecular weight is 379 g/mol. The van der Waals surface area contributed by atoms with Crippen molar-refractivity contribution in [3.05, 3.63) is 41.2 Å². The van der Waals surface area contributed by atoms with Crippen molar-refractivity contribution in [2.75, 3.05) is 6.26 Å². The Kier molecular flexibility index (Phi) is 5.23. The molecule has 0 radical (unpaired) electrons. The van der Waals surface area contributed by atoms with E-state index >= 15 is 0 Å². The van der Waals surface area contributed by atoms with E-state index in [2.05, 4.69) is 15.4 Å². The first-order chi connectivity index (χ1) is 12.5. The fraction of sp³-hybridized carbons (Fsp3) is 0.353. The summed E-state index contributed by atoms with van der Waals surface area (Å²) in [6.45, 7) is 0. The summed E-state index contributed by atoms with van der Waals surface area (Å²) in [5, 5.41) is 15.5. The molecular weight excluding hydrogens is 363 g/mol. The Morgan fingerprint density at radius 1 is 1.31 bits per heavy atom. The van der Waals surface area contributed by atoms with Crippen LogP contribution in [0.3, 0.4) is 0 Å². The molecule has 1 aromatic heterocycles. The van der Waals surface area contributed by atoms with Crippen LogP contribution in [0.15, 0.2) is 29.3 Å². The van der Waals surface area contributed by atoms with Crippen LogP contribution in [0.1, 0.15) is 29.8 Å². The molecular formula is C17H16F3N5S. The predicted octanol–water partition coefficient (Wildman–Crippen LogP) is 4.19. The molecule has 1 aromatic carbocycles. The van der Waals surface area contributed by atoms with Crippen LogP contribution in [0.2, 0.25) is 0 Å². The molecule has 26 heavy (non-hydrogen) atoms. The van der Waals surface area contributed by atoms with Crippen LogP contribution in [0, 0.1) is 11.5 Å². The van der Waals surface area contributed by atoms with Crippen LogP contribution in [0.5, 0.6) is 0 Å². The maximum Gasteiger partial charge on any atom is 0.435 e. The Hall–Kier alpha value is -2.47. The van der Waals surface area contributed by atoms with Gasteiger partial charge in [0.1, 0.15) is 0 Å². The van der Waals surface area contributed by atoms with Gasteiger partial charge in [-0.1, -0.05) is 23.9 Å². The van der Waals surface area contributed by atoms with E-state index in [4.69, 9.17) is 5.26 Å². The zero-order chi connectivity index (χ0) is 18.7. The molecule has 2 aromatic rings. The molecule has 1 N–H and O–H groups in total. The van der Waals surface area contributed by atoms with Gasteiger partial charge in [0.2, 0.25) is 0 Å². The van der Waals surface area contributed by atoms with Crippen molar-refractivity contribution >= 4 is 22.6 Å². The maximum absolute atomic E-state index is 13.4. The summed E-state index contributed by atoms with van der Waals surface area (Å²) in [4.78, 5) is 4.37. The third kappa shape index (κ3) is 3.55. The fourth-order valence-electron chi connectivity index (χ4n) is 3.05. The number of halogens is 3. The summed E-state index contributed by atoms with van der Waals surface area (Å²) in [6.07, 6.45) is 1.54. The van der Waals surface area contributed by atoms with Crippen LogP contribution in [-0.4, -0.2) is 21.2 Å². The highest BCUT2D eigenvalue weighted by atomic mass is 32.2. The molecule has 1 aliphatic rings. The van der Waals surface area contributed by atoms with E-state index in [9.17, 15) is 13.2 Å². The monoisotopic (exact) mass is 379 g/mol. The summed E-state index contributed by atoms with van der Waals surface area (Å²) in [6, 6.07) is 6.85. The molecule has 3 rings (SSSR count). The van der Waals surface area contributed by atoms with Crippen LogP contribution in [-0.2, 0) is 19.0 Å². The molecule has 1 heterocycles. The summed E-state index contributed by atoms with van der Waals surface area (Å²) in [5.74, 6) is 0. The van der Waals surface area contributed by atoms with Crippen LogP contribution < -0.4 is 5.32 Å². The second kappa shape index (κ2) is 7.41. The number of aliphatic imine (C=N–C) groups is 1. The van der Waals surface area contributed by atoms with Gasteiger partial charge >= 0.3 is 6.18 Å². The number of thioether (sulfide) groups is 1. The smallest absolute Gasteiger partial charge is 0.271 e. The number of para-hydroxylation sites is 2. The molecule has 0 fully saturated rings. The highest BCUT2D eigenvalue weighted by Crippen LogP contribution is 2.38. The van der Waals surface area contributed by atoms with E-state index in [0.717, 1.165) is 12.8 Å². The van der Waals surface area contributed by atoms with Crippen molar-refractivity contribution in [2.45, 2.75) is 31.9 Å². The van der Waals surface area contributed by atoms with Gasteiger partial charge in [-0.3, -0.25) is 5.32 Å².